The van der Waals surface area contributed by atoms with E-state index in [1.165, 1.54) is 5.92 Å². The maximum Gasteiger partial charge on any atom is 2.00 e. The van der Waals surface area contributed by atoms with Gasteiger partial charge in [0.05, 0.1) is 0 Å². The smallest absolute Gasteiger partial charge is 0.566 e. The van der Waals surface area contributed by atoms with Crippen molar-refractivity contribution < 1.29 is 50.2 Å². The van der Waals surface area contributed by atoms with E-state index in [0.717, 1.165) is 16.9 Å². The maximum atomic E-state index is 11.8. The van der Waals surface area contributed by atoms with Crippen molar-refractivity contribution in [2.24, 2.45) is 0 Å². The van der Waals surface area contributed by atoms with Crippen molar-refractivity contribution in [2.75, 3.05) is 12.3 Å². The molecule has 0 spiro atoms. The third kappa shape index (κ3) is 10.0. The number of thiophene rings is 1. The van der Waals surface area contributed by atoms with Gasteiger partial charge in [-0.15, -0.1) is 11.6 Å². The molecule has 5 nitrogen and oxygen atoms in total. The van der Waals surface area contributed by atoms with Crippen LogP contribution in [0.2, 0.25) is 5.02 Å². The largest absolute Gasteiger partial charge is 2.00 e. The van der Waals surface area contributed by atoms with E-state index in [2.05, 4.69) is 20.8 Å². The normalized spacial score (nSPS) is 10.5. The molecule has 1 aromatic carbocycles. The molecule has 0 saturated heterocycles. The van der Waals surface area contributed by atoms with Gasteiger partial charge in [-0.05, 0) is 38.5 Å². The monoisotopic (exact) mass is 661 g/mol. The summed E-state index contributed by atoms with van der Waals surface area (Å²) in [5, 5.41) is 0.243. The Labute approximate surface area is 205 Å². The minimum Gasteiger partial charge on any atom is -0.566 e. The fourth-order valence-electron chi connectivity index (χ4n) is 1.96. The first-order valence-electron chi connectivity index (χ1n) is 8.62. The molecule has 2 rings (SSSR count). The minimum absolute atomic E-state index is 0. The topological polar surface area (TPSA) is 78.6 Å². The molecule has 1 heterocycles. The first kappa shape index (κ1) is 28.0. The number of nitrogens with two attached hydrogens (primary N) is 1. The Kier molecular flexibility index (Phi) is 12.2. The van der Waals surface area contributed by atoms with Gasteiger partial charge in [0.25, 0.3) is 0 Å². The number of hydrogen-bond donors (Lipinski definition) is 1. The van der Waals surface area contributed by atoms with Crippen molar-refractivity contribution in [1.29, 1.82) is 0 Å². The van der Waals surface area contributed by atoms with E-state index in [1.54, 1.807) is 45.3 Å². The number of nitrogen functional groups attached to an aromatic ring is 1. The molecule has 8 heteroatoms. The molecule has 0 aliphatic heterocycles. The molecule has 0 amide bonds. The summed E-state index contributed by atoms with van der Waals surface area (Å²) in [6.45, 7) is 11.2. The number of hydrogen-bond acceptors (Lipinski definition) is 6. The van der Waals surface area contributed by atoms with Crippen LogP contribution in [0.5, 0.6) is 5.75 Å². The first-order chi connectivity index (χ1) is 12.9. The van der Waals surface area contributed by atoms with E-state index >= 15 is 0 Å². The van der Waals surface area contributed by atoms with Gasteiger partial charge in [-0.25, -0.2) is 4.79 Å². The van der Waals surface area contributed by atoms with Crippen molar-refractivity contribution in [2.45, 2.75) is 47.1 Å². The van der Waals surface area contributed by atoms with Gasteiger partial charge in [0, 0.05) is 27.6 Å². The number of benzene rings is 1. The van der Waals surface area contributed by atoms with Gasteiger partial charge in [0.1, 0.15) is 5.60 Å². The number of halogens is 1. The van der Waals surface area contributed by atoms with Crippen LogP contribution in [0.4, 0.5) is 5.69 Å². The Morgan fingerprint density at radius 2 is 1.86 bits per heavy atom. The number of carbonyl (C=O) groups excluding carboxylic acids is 2. The standard InChI is InChI=1S/C17H17ClNO4S.C4H9.U/c1-17(2,3)23-13(21)9-22-15-12(8-20)24-16(14(15)18)10-5-4-6-11(19)7-10;1-4(2)3;/h4-7H,9,19H2,1-3H3;1-3H3;/q2*-1;+2. The first-order valence-corrected chi connectivity index (χ1v) is 9.81. The van der Waals surface area contributed by atoms with Gasteiger partial charge in [0.15, 0.2) is 6.61 Å². The third-order valence-electron chi connectivity index (χ3n) is 2.80. The second kappa shape index (κ2) is 12.6. The van der Waals surface area contributed by atoms with Crippen LogP contribution in [0.15, 0.2) is 24.3 Å². The Hall–Kier alpha value is -0.998. The zero-order valence-electron chi connectivity index (χ0n) is 17.5. The van der Waals surface area contributed by atoms with Crippen LogP contribution in [0.3, 0.4) is 0 Å². The quantitative estimate of drug-likeness (QED) is 0.262. The van der Waals surface area contributed by atoms with E-state index in [4.69, 9.17) is 26.8 Å². The molecule has 2 aromatic rings. The van der Waals surface area contributed by atoms with Gasteiger partial charge >= 0.3 is 37.1 Å². The summed E-state index contributed by atoms with van der Waals surface area (Å²) in [7, 11) is 0. The summed E-state index contributed by atoms with van der Waals surface area (Å²) >= 11 is 7.45. The molecule has 29 heavy (non-hydrogen) atoms. The molecular formula is C21H26ClNO4SU. The van der Waals surface area contributed by atoms with Crippen LogP contribution in [-0.2, 0) is 14.3 Å². The van der Waals surface area contributed by atoms with Gasteiger partial charge in [-0.3, -0.25) is 0 Å². The fraction of sp³-hybridized carbons (Fsp3) is 0.381. The molecular weight excluding hydrogens is 636 g/mol. The zero-order valence-corrected chi connectivity index (χ0v) is 23.2. The molecule has 1 aromatic heterocycles. The summed E-state index contributed by atoms with van der Waals surface area (Å²) in [6, 6.07) is 7.09. The number of rotatable bonds is 5. The summed E-state index contributed by atoms with van der Waals surface area (Å²) in [4.78, 5) is 23.7. The van der Waals surface area contributed by atoms with Crippen molar-refractivity contribution in [3.05, 3.63) is 40.1 Å². The van der Waals surface area contributed by atoms with Crippen LogP contribution in [0.25, 0.3) is 10.4 Å². The summed E-state index contributed by atoms with van der Waals surface area (Å²) < 4.78 is 10.6. The minimum atomic E-state index is -0.620. The molecule has 0 aliphatic rings. The van der Waals surface area contributed by atoms with E-state index in [0.29, 0.717) is 10.6 Å². The Balaban J connectivity index is 0.00000143. The zero-order chi connectivity index (χ0) is 21.5. The van der Waals surface area contributed by atoms with E-state index in [9.17, 15) is 9.59 Å². The van der Waals surface area contributed by atoms with Gasteiger partial charge < -0.3 is 25.9 Å². The Morgan fingerprint density at radius 3 is 2.34 bits per heavy atom. The Bertz CT molecular complexity index is 813. The van der Waals surface area contributed by atoms with Crippen LogP contribution < -0.4 is 10.5 Å². The summed E-state index contributed by atoms with van der Waals surface area (Å²) in [5.74, 6) is 0.993. The molecule has 0 unspecified atom stereocenters. The Morgan fingerprint density at radius 1 is 1.28 bits per heavy atom. The average molecular weight is 662 g/mol. The van der Waals surface area contributed by atoms with Gasteiger partial charge in [0.2, 0.25) is 0 Å². The second-order valence-corrected chi connectivity index (χ2v) is 8.90. The van der Waals surface area contributed by atoms with Crippen LogP contribution >= 0.6 is 22.9 Å². The average Bonchev–Trinajstić information content (AvgIpc) is 2.87. The predicted molar refractivity (Wildman–Crippen MR) is 116 cm³/mol. The molecule has 156 valence electrons. The predicted octanol–water partition coefficient (Wildman–Crippen LogP) is 5.45. The fourth-order valence-corrected chi connectivity index (χ4v) is 3.32. The van der Waals surface area contributed by atoms with E-state index < -0.39 is 11.6 Å². The summed E-state index contributed by atoms with van der Waals surface area (Å²) in [6.07, 6.45) is 1.79. The molecule has 0 bridgehead atoms. The molecule has 0 aliphatic carbocycles. The second-order valence-electron chi connectivity index (χ2n) is 7.51. The van der Waals surface area contributed by atoms with Crippen molar-refractivity contribution in [1.82, 2.24) is 0 Å². The third-order valence-corrected chi connectivity index (χ3v) is 4.39. The van der Waals surface area contributed by atoms with E-state index in [1.807, 2.05) is 6.07 Å². The van der Waals surface area contributed by atoms with Crippen molar-refractivity contribution >= 4 is 40.9 Å². The number of ether oxygens (including phenoxy) is 2. The number of carbonyl (C=O) groups is 1. The SMILES string of the molecule is CC(C)(C)OC(=O)COc1c([C-]=O)sc(-c2cccc(N)c2)c1Cl.C[C-](C)C.[U+2]. The van der Waals surface area contributed by atoms with E-state index in [-0.39, 0.29) is 53.4 Å². The molecule has 0 atom stereocenters. The van der Waals surface area contributed by atoms with Crippen LogP contribution in [0, 0.1) is 37.0 Å². The maximum absolute atomic E-state index is 11.8. The van der Waals surface area contributed by atoms with Crippen molar-refractivity contribution in [3.63, 3.8) is 0 Å². The van der Waals surface area contributed by atoms with Gasteiger partial charge in [-0.1, -0.05) is 17.0 Å². The summed E-state index contributed by atoms with van der Waals surface area (Å²) in [5.41, 5.74) is 6.48. The molecule has 0 saturated carbocycles. The molecule has 0 fully saturated rings. The van der Waals surface area contributed by atoms with Crippen molar-refractivity contribution in [3.8, 4) is 16.2 Å². The molecule has 0 radical (unpaired) electrons. The van der Waals surface area contributed by atoms with Crippen LogP contribution in [-0.4, -0.2) is 24.5 Å². The van der Waals surface area contributed by atoms with Gasteiger partial charge in [-0.2, -0.15) is 32.1 Å². The number of anilines is 1. The molecule has 2 N–H and O–H groups in total. The van der Waals surface area contributed by atoms with Crippen LogP contribution in [0.1, 0.15) is 46.4 Å². The number of esters is 1.